The highest BCUT2D eigenvalue weighted by molar-refractivity contribution is 5.94. The summed E-state index contributed by atoms with van der Waals surface area (Å²) in [4.78, 5) is 59.4. The molecule has 0 heterocycles. The largest absolute Gasteiger partial charge is 0.480 e. The number of aliphatic carboxylic acids is 1. The van der Waals surface area contributed by atoms with Crippen molar-refractivity contribution in [3.8, 4) is 0 Å². The Bertz CT molecular complexity index is 639. The lowest BCUT2D eigenvalue weighted by Gasteiger charge is -2.27. The zero-order valence-electron chi connectivity index (χ0n) is 18.2. The lowest BCUT2D eigenvalue weighted by atomic mass is 9.96. The smallest absolute Gasteiger partial charge is 0.326 e. The lowest BCUT2D eigenvalue weighted by molar-refractivity contribution is -0.142. The minimum absolute atomic E-state index is 0.122. The Morgan fingerprint density at radius 2 is 1.47 bits per heavy atom. The highest BCUT2D eigenvalue weighted by Gasteiger charge is 2.31. The van der Waals surface area contributed by atoms with E-state index >= 15 is 0 Å². The van der Waals surface area contributed by atoms with Gasteiger partial charge in [-0.3, -0.25) is 19.2 Å². The molecule has 0 aliphatic rings. The van der Waals surface area contributed by atoms with E-state index in [1.807, 2.05) is 6.92 Å². The molecular weight excluding hydrogens is 394 g/mol. The van der Waals surface area contributed by atoms with Gasteiger partial charge >= 0.3 is 5.97 Å². The van der Waals surface area contributed by atoms with Crippen molar-refractivity contribution in [1.82, 2.24) is 16.0 Å². The standard InChI is InChI=1S/C19H35N5O6/c1-6-10(4)15(24-17(27)14(21)9(2)3)18(28)22-11(5)16(26)23-12(19(29)30)7-8-13(20)25/h9-12,14-15H,6-8,21H2,1-5H3,(H2,20,25)(H,22,28)(H,23,26)(H,24,27)(H,29,30). The van der Waals surface area contributed by atoms with Gasteiger partial charge in [0.25, 0.3) is 0 Å². The van der Waals surface area contributed by atoms with Crippen molar-refractivity contribution >= 4 is 29.6 Å². The van der Waals surface area contributed by atoms with Gasteiger partial charge in [0.15, 0.2) is 0 Å². The zero-order valence-corrected chi connectivity index (χ0v) is 18.2. The fourth-order valence-corrected chi connectivity index (χ4v) is 2.46. The molecule has 0 saturated carbocycles. The van der Waals surface area contributed by atoms with Gasteiger partial charge in [0.05, 0.1) is 6.04 Å². The molecule has 11 nitrogen and oxygen atoms in total. The first-order valence-electron chi connectivity index (χ1n) is 9.99. The summed E-state index contributed by atoms with van der Waals surface area (Å²) in [5.74, 6) is -4.16. The number of carboxylic acid groups (broad SMARTS) is 1. The normalized spacial score (nSPS) is 16.0. The summed E-state index contributed by atoms with van der Waals surface area (Å²) in [5.41, 5.74) is 10.8. The molecule has 4 amide bonds. The van der Waals surface area contributed by atoms with E-state index in [0.29, 0.717) is 6.42 Å². The predicted octanol–water partition coefficient (Wildman–Crippen LogP) is -1.16. The minimum Gasteiger partial charge on any atom is -0.480 e. The second kappa shape index (κ2) is 12.8. The van der Waals surface area contributed by atoms with Crippen LogP contribution in [0.2, 0.25) is 0 Å². The minimum atomic E-state index is -1.32. The average molecular weight is 430 g/mol. The maximum Gasteiger partial charge on any atom is 0.326 e. The Morgan fingerprint density at radius 1 is 0.900 bits per heavy atom. The van der Waals surface area contributed by atoms with Crippen molar-refractivity contribution in [1.29, 1.82) is 0 Å². The molecule has 0 aromatic heterocycles. The Hall–Kier alpha value is -2.69. The van der Waals surface area contributed by atoms with Crippen molar-refractivity contribution < 1.29 is 29.1 Å². The van der Waals surface area contributed by atoms with E-state index in [9.17, 15) is 29.1 Å². The van der Waals surface area contributed by atoms with Gasteiger partial charge in [-0.05, 0) is 25.2 Å². The molecule has 0 fully saturated rings. The molecular formula is C19H35N5O6. The van der Waals surface area contributed by atoms with E-state index in [0.717, 1.165) is 0 Å². The van der Waals surface area contributed by atoms with Crippen LogP contribution in [0.3, 0.4) is 0 Å². The van der Waals surface area contributed by atoms with Crippen LogP contribution in [0.5, 0.6) is 0 Å². The van der Waals surface area contributed by atoms with Crippen molar-refractivity contribution in [3.63, 3.8) is 0 Å². The highest BCUT2D eigenvalue weighted by Crippen LogP contribution is 2.10. The van der Waals surface area contributed by atoms with E-state index in [4.69, 9.17) is 11.5 Å². The third kappa shape index (κ3) is 9.21. The van der Waals surface area contributed by atoms with Gasteiger partial charge in [-0.25, -0.2) is 4.79 Å². The molecule has 0 spiro atoms. The SMILES string of the molecule is CCC(C)C(NC(=O)C(N)C(C)C)C(=O)NC(C)C(=O)NC(CCC(N)=O)C(=O)O. The first-order valence-corrected chi connectivity index (χ1v) is 9.99. The lowest BCUT2D eigenvalue weighted by Crippen LogP contribution is -2.58. The topological polar surface area (TPSA) is 194 Å². The number of nitrogens with two attached hydrogens (primary N) is 2. The Morgan fingerprint density at radius 3 is 1.90 bits per heavy atom. The van der Waals surface area contributed by atoms with Gasteiger partial charge in [-0.15, -0.1) is 0 Å². The van der Waals surface area contributed by atoms with Crippen LogP contribution >= 0.6 is 0 Å². The molecule has 11 heteroatoms. The number of hydrogen-bond donors (Lipinski definition) is 6. The average Bonchev–Trinajstić information content (AvgIpc) is 2.66. The number of rotatable bonds is 13. The van der Waals surface area contributed by atoms with Gasteiger partial charge < -0.3 is 32.5 Å². The molecule has 0 bridgehead atoms. The number of primary amides is 1. The van der Waals surface area contributed by atoms with Crippen molar-refractivity contribution in [2.24, 2.45) is 23.3 Å². The first-order chi connectivity index (χ1) is 13.8. The second-order valence-corrected chi connectivity index (χ2v) is 7.78. The van der Waals surface area contributed by atoms with E-state index in [1.165, 1.54) is 6.92 Å². The molecule has 5 atom stereocenters. The van der Waals surface area contributed by atoms with E-state index in [1.54, 1.807) is 20.8 Å². The van der Waals surface area contributed by atoms with Gasteiger partial charge in [0, 0.05) is 6.42 Å². The van der Waals surface area contributed by atoms with Gasteiger partial charge in [-0.2, -0.15) is 0 Å². The summed E-state index contributed by atoms with van der Waals surface area (Å²) in [6, 6.07) is -4.09. The molecule has 0 saturated heterocycles. The molecule has 8 N–H and O–H groups in total. The van der Waals surface area contributed by atoms with Crippen LogP contribution in [0.25, 0.3) is 0 Å². The number of amides is 4. The maximum atomic E-state index is 12.7. The fraction of sp³-hybridized carbons (Fsp3) is 0.737. The fourth-order valence-electron chi connectivity index (χ4n) is 2.46. The summed E-state index contributed by atoms with van der Waals surface area (Å²) >= 11 is 0. The third-order valence-corrected chi connectivity index (χ3v) is 4.86. The second-order valence-electron chi connectivity index (χ2n) is 7.78. The highest BCUT2D eigenvalue weighted by atomic mass is 16.4. The monoisotopic (exact) mass is 429 g/mol. The van der Waals surface area contributed by atoms with E-state index < -0.39 is 53.8 Å². The molecule has 0 aliphatic carbocycles. The van der Waals surface area contributed by atoms with Crippen LogP contribution in [0.15, 0.2) is 0 Å². The zero-order chi connectivity index (χ0) is 23.6. The van der Waals surface area contributed by atoms with Gasteiger partial charge in [0.2, 0.25) is 23.6 Å². The molecule has 172 valence electrons. The number of hydrogen-bond acceptors (Lipinski definition) is 6. The number of carbonyl (C=O) groups is 5. The van der Waals surface area contributed by atoms with Crippen LogP contribution in [0.4, 0.5) is 0 Å². The quantitative estimate of drug-likeness (QED) is 0.212. The first kappa shape index (κ1) is 27.3. The Labute approximate surface area is 176 Å². The van der Waals surface area contributed by atoms with E-state index in [2.05, 4.69) is 16.0 Å². The molecule has 30 heavy (non-hydrogen) atoms. The summed E-state index contributed by atoms with van der Waals surface area (Å²) in [5, 5.41) is 16.6. The van der Waals surface area contributed by atoms with Crippen molar-refractivity contribution in [2.75, 3.05) is 0 Å². The maximum absolute atomic E-state index is 12.7. The van der Waals surface area contributed by atoms with Gasteiger partial charge in [0.1, 0.15) is 18.1 Å². The summed E-state index contributed by atoms with van der Waals surface area (Å²) in [7, 11) is 0. The summed E-state index contributed by atoms with van der Waals surface area (Å²) < 4.78 is 0. The Balaban J connectivity index is 5.11. The third-order valence-electron chi connectivity index (χ3n) is 4.86. The summed E-state index contributed by atoms with van der Waals surface area (Å²) in [6.07, 6.45) is 0.204. The molecule has 0 radical (unpaired) electrons. The predicted molar refractivity (Wildman–Crippen MR) is 110 cm³/mol. The van der Waals surface area contributed by atoms with Crippen molar-refractivity contribution in [2.45, 2.75) is 78.0 Å². The molecule has 5 unspecified atom stereocenters. The van der Waals surface area contributed by atoms with Crippen LogP contribution < -0.4 is 27.4 Å². The van der Waals surface area contributed by atoms with Crippen LogP contribution in [-0.4, -0.2) is 58.9 Å². The molecule has 0 aromatic rings. The van der Waals surface area contributed by atoms with E-state index in [-0.39, 0.29) is 24.7 Å². The number of carbonyl (C=O) groups excluding carboxylic acids is 4. The van der Waals surface area contributed by atoms with Gasteiger partial charge in [-0.1, -0.05) is 34.1 Å². The number of carboxylic acids is 1. The van der Waals surface area contributed by atoms with Crippen LogP contribution in [-0.2, 0) is 24.0 Å². The molecule has 0 rings (SSSR count). The van der Waals surface area contributed by atoms with Crippen LogP contribution in [0.1, 0.15) is 53.9 Å². The summed E-state index contributed by atoms with van der Waals surface area (Å²) in [6.45, 7) is 8.58. The Kier molecular flexibility index (Phi) is 11.6. The number of nitrogens with one attached hydrogen (secondary N) is 3. The van der Waals surface area contributed by atoms with Crippen LogP contribution in [0, 0.1) is 11.8 Å². The molecule has 0 aliphatic heterocycles. The molecule has 0 aromatic carbocycles. The van der Waals surface area contributed by atoms with Crippen molar-refractivity contribution in [3.05, 3.63) is 0 Å².